The predicted molar refractivity (Wildman–Crippen MR) is 73.0 cm³/mol. The van der Waals surface area contributed by atoms with E-state index in [-0.39, 0.29) is 5.69 Å². The van der Waals surface area contributed by atoms with Gasteiger partial charge in [0.2, 0.25) is 0 Å². The van der Waals surface area contributed by atoms with Gasteiger partial charge in [-0.3, -0.25) is 4.79 Å². The monoisotopic (exact) mass is 274 g/mol. The zero-order valence-electron chi connectivity index (χ0n) is 11.3. The first-order valence-electron chi connectivity index (χ1n) is 6.86. The van der Waals surface area contributed by atoms with Crippen LogP contribution in [0.5, 0.6) is 0 Å². The largest absolute Gasteiger partial charge is 0.481 e. The fourth-order valence-electron chi connectivity index (χ4n) is 2.61. The van der Waals surface area contributed by atoms with E-state index in [1.807, 2.05) is 6.07 Å². The van der Waals surface area contributed by atoms with Crippen molar-refractivity contribution in [2.75, 3.05) is 11.9 Å². The van der Waals surface area contributed by atoms with Gasteiger partial charge in [0.1, 0.15) is 11.9 Å². The molecule has 0 aromatic carbocycles. The Morgan fingerprint density at radius 2 is 2.00 bits per heavy atom. The lowest BCUT2D eigenvalue weighted by atomic mass is 9.80. The molecular weight excluding hydrogens is 256 g/mol. The molecule has 2 N–H and O–H groups in total. The summed E-state index contributed by atoms with van der Waals surface area (Å²) in [6.45, 7) is 0.350. The molecule has 1 aliphatic carbocycles. The molecule has 0 bridgehead atoms. The maximum absolute atomic E-state index is 11.6. The number of hydrogen-bond acceptors (Lipinski definition) is 5. The molecule has 6 heteroatoms. The molecule has 0 amide bonds. The first-order valence-corrected chi connectivity index (χ1v) is 6.86. The first-order chi connectivity index (χ1) is 9.66. The SMILES string of the molecule is N#Cc1cnc(NCC2(C(=O)O)CCCCCC2)cn1. The van der Waals surface area contributed by atoms with Gasteiger partial charge in [-0.25, -0.2) is 9.97 Å². The third-order valence-corrected chi connectivity index (χ3v) is 3.89. The van der Waals surface area contributed by atoms with Crippen LogP contribution >= 0.6 is 0 Å². The summed E-state index contributed by atoms with van der Waals surface area (Å²) in [6, 6.07) is 1.90. The van der Waals surface area contributed by atoms with Gasteiger partial charge in [0.25, 0.3) is 0 Å². The summed E-state index contributed by atoms with van der Waals surface area (Å²) in [5.41, 5.74) is -0.468. The standard InChI is InChI=1S/C14H18N4O2/c15-7-11-8-17-12(9-16-11)18-10-14(13(19)20)5-3-1-2-4-6-14/h8-9H,1-6,10H2,(H,17,18)(H,19,20). The zero-order valence-corrected chi connectivity index (χ0v) is 11.3. The topological polar surface area (TPSA) is 98.9 Å². The Bertz CT molecular complexity index is 499. The molecule has 6 nitrogen and oxygen atoms in total. The quantitative estimate of drug-likeness (QED) is 0.816. The molecule has 20 heavy (non-hydrogen) atoms. The number of carboxylic acids is 1. The third kappa shape index (κ3) is 3.23. The summed E-state index contributed by atoms with van der Waals surface area (Å²) >= 11 is 0. The Labute approximate surface area is 117 Å². The molecular formula is C14H18N4O2. The van der Waals surface area contributed by atoms with Crippen molar-refractivity contribution in [2.45, 2.75) is 38.5 Å². The van der Waals surface area contributed by atoms with Crippen LogP contribution in [0.2, 0.25) is 0 Å². The second-order valence-electron chi connectivity index (χ2n) is 5.25. The number of nitriles is 1. The van der Waals surface area contributed by atoms with Crippen LogP contribution in [0, 0.1) is 16.7 Å². The summed E-state index contributed by atoms with van der Waals surface area (Å²) in [6.07, 6.45) is 8.34. The number of anilines is 1. The number of carboxylic acid groups (broad SMARTS) is 1. The highest BCUT2D eigenvalue weighted by molar-refractivity contribution is 5.75. The molecule has 0 unspecified atom stereocenters. The van der Waals surface area contributed by atoms with Crippen molar-refractivity contribution in [1.29, 1.82) is 5.26 Å². The molecule has 2 rings (SSSR count). The molecule has 1 aromatic heterocycles. The van der Waals surface area contributed by atoms with Gasteiger partial charge >= 0.3 is 5.97 Å². The van der Waals surface area contributed by atoms with E-state index in [9.17, 15) is 9.90 Å². The number of nitrogens with zero attached hydrogens (tertiary/aromatic N) is 3. The Balaban J connectivity index is 2.04. The number of aromatic nitrogens is 2. The summed E-state index contributed by atoms with van der Waals surface area (Å²) in [4.78, 5) is 19.6. The van der Waals surface area contributed by atoms with Crippen LogP contribution in [0.25, 0.3) is 0 Å². The minimum absolute atomic E-state index is 0.248. The molecule has 0 spiro atoms. The van der Waals surface area contributed by atoms with Gasteiger partial charge in [-0.05, 0) is 12.8 Å². The van der Waals surface area contributed by atoms with Crippen molar-refractivity contribution in [3.63, 3.8) is 0 Å². The van der Waals surface area contributed by atoms with Crippen LogP contribution in [0.3, 0.4) is 0 Å². The van der Waals surface area contributed by atoms with Crippen LogP contribution in [0.15, 0.2) is 12.4 Å². The fraction of sp³-hybridized carbons (Fsp3) is 0.571. The normalized spacial score (nSPS) is 17.8. The minimum Gasteiger partial charge on any atom is -0.481 e. The Kier molecular flexibility index (Phi) is 4.51. The van der Waals surface area contributed by atoms with E-state index in [1.165, 1.54) is 12.4 Å². The van der Waals surface area contributed by atoms with Crippen molar-refractivity contribution in [2.24, 2.45) is 5.41 Å². The maximum Gasteiger partial charge on any atom is 0.311 e. The van der Waals surface area contributed by atoms with Crippen molar-refractivity contribution >= 4 is 11.8 Å². The smallest absolute Gasteiger partial charge is 0.311 e. The second kappa shape index (κ2) is 6.33. The number of hydrogen-bond donors (Lipinski definition) is 2. The highest BCUT2D eigenvalue weighted by atomic mass is 16.4. The number of nitrogens with one attached hydrogen (secondary N) is 1. The predicted octanol–water partition coefficient (Wildman–Crippen LogP) is 2.19. The van der Waals surface area contributed by atoms with Crippen LogP contribution in [0.4, 0.5) is 5.82 Å². The van der Waals surface area contributed by atoms with Crippen molar-refractivity contribution in [1.82, 2.24) is 9.97 Å². The summed E-state index contributed by atoms with van der Waals surface area (Å²) in [7, 11) is 0. The van der Waals surface area contributed by atoms with Gasteiger partial charge < -0.3 is 10.4 Å². The molecule has 1 saturated carbocycles. The minimum atomic E-state index is -0.742. The molecule has 0 atom stereocenters. The average Bonchev–Trinajstić information content (AvgIpc) is 2.72. The molecule has 1 aromatic rings. The molecule has 0 aliphatic heterocycles. The molecule has 0 saturated heterocycles. The fourth-order valence-corrected chi connectivity index (χ4v) is 2.61. The van der Waals surface area contributed by atoms with Gasteiger partial charge in [0.05, 0.1) is 17.8 Å². The number of carbonyl (C=O) groups is 1. The lowest BCUT2D eigenvalue weighted by Gasteiger charge is -2.28. The molecule has 0 radical (unpaired) electrons. The Hall–Kier alpha value is -2.16. The zero-order chi connectivity index (χ0) is 14.4. The molecule has 1 aliphatic rings. The highest BCUT2D eigenvalue weighted by Gasteiger charge is 2.38. The summed E-state index contributed by atoms with van der Waals surface area (Å²) in [5.74, 6) is -0.234. The molecule has 1 heterocycles. The molecule has 106 valence electrons. The van der Waals surface area contributed by atoms with E-state index in [0.717, 1.165) is 25.7 Å². The van der Waals surface area contributed by atoms with E-state index >= 15 is 0 Å². The van der Waals surface area contributed by atoms with E-state index in [4.69, 9.17) is 5.26 Å². The van der Waals surface area contributed by atoms with Gasteiger partial charge in [-0.1, -0.05) is 25.7 Å². The lowest BCUT2D eigenvalue weighted by molar-refractivity contribution is -0.149. The first kappa shape index (κ1) is 14.3. The van der Waals surface area contributed by atoms with E-state index in [0.29, 0.717) is 25.2 Å². The van der Waals surface area contributed by atoms with Crippen molar-refractivity contribution in [3.8, 4) is 6.07 Å². The van der Waals surface area contributed by atoms with E-state index in [2.05, 4.69) is 15.3 Å². The second-order valence-corrected chi connectivity index (χ2v) is 5.25. The highest BCUT2D eigenvalue weighted by Crippen LogP contribution is 2.35. The van der Waals surface area contributed by atoms with Crippen molar-refractivity contribution < 1.29 is 9.90 Å². The summed E-state index contributed by atoms with van der Waals surface area (Å²) in [5, 5.41) is 21.3. The van der Waals surface area contributed by atoms with Crippen LogP contribution < -0.4 is 5.32 Å². The van der Waals surface area contributed by atoms with E-state index < -0.39 is 11.4 Å². The van der Waals surface area contributed by atoms with Crippen molar-refractivity contribution in [3.05, 3.63) is 18.1 Å². The number of aliphatic carboxylic acids is 1. The van der Waals surface area contributed by atoms with Crippen LogP contribution in [-0.4, -0.2) is 27.6 Å². The average molecular weight is 274 g/mol. The molecule has 1 fully saturated rings. The van der Waals surface area contributed by atoms with Crippen LogP contribution in [-0.2, 0) is 4.79 Å². The van der Waals surface area contributed by atoms with Gasteiger partial charge in [-0.15, -0.1) is 0 Å². The van der Waals surface area contributed by atoms with Gasteiger partial charge in [0.15, 0.2) is 5.69 Å². The van der Waals surface area contributed by atoms with Crippen LogP contribution in [0.1, 0.15) is 44.2 Å². The van der Waals surface area contributed by atoms with Gasteiger partial charge in [0, 0.05) is 6.54 Å². The Morgan fingerprint density at radius 3 is 2.50 bits per heavy atom. The third-order valence-electron chi connectivity index (χ3n) is 3.89. The van der Waals surface area contributed by atoms with E-state index in [1.54, 1.807) is 0 Å². The maximum atomic E-state index is 11.6. The summed E-state index contributed by atoms with van der Waals surface area (Å²) < 4.78 is 0. The lowest BCUT2D eigenvalue weighted by Crippen LogP contribution is -2.37. The number of rotatable bonds is 4. The Morgan fingerprint density at radius 1 is 1.30 bits per heavy atom. The van der Waals surface area contributed by atoms with Gasteiger partial charge in [-0.2, -0.15) is 5.26 Å².